The van der Waals surface area contributed by atoms with Crippen LogP contribution >= 0.6 is 0 Å². The second kappa shape index (κ2) is 4.45. The number of rotatable bonds is 2. The van der Waals surface area contributed by atoms with Gasteiger partial charge < -0.3 is 9.84 Å². The van der Waals surface area contributed by atoms with Crippen molar-refractivity contribution in [3.63, 3.8) is 0 Å². The Morgan fingerprint density at radius 2 is 1.85 bits per heavy atom. The van der Waals surface area contributed by atoms with Crippen LogP contribution in [0.2, 0.25) is 0 Å². The summed E-state index contributed by atoms with van der Waals surface area (Å²) in [6, 6.07) is 8.44. The average molecular weight is 272 g/mol. The van der Waals surface area contributed by atoms with Gasteiger partial charge in [-0.15, -0.1) is 0 Å². The number of esters is 1. The van der Waals surface area contributed by atoms with E-state index in [9.17, 15) is 19.1 Å². The molecule has 1 N–H and O–H groups in total. The molecule has 0 aromatic heterocycles. The minimum absolute atomic E-state index is 0.00536. The molecule has 0 saturated heterocycles. The zero-order valence-corrected chi connectivity index (χ0v) is 10.2. The van der Waals surface area contributed by atoms with Crippen LogP contribution < -0.4 is 0 Å². The van der Waals surface area contributed by atoms with Crippen molar-refractivity contribution in [2.75, 3.05) is 0 Å². The first-order valence-corrected chi connectivity index (χ1v) is 5.89. The fourth-order valence-electron chi connectivity index (χ4n) is 2.22. The van der Waals surface area contributed by atoms with E-state index in [0.717, 1.165) is 0 Å². The molecule has 0 spiro atoms. The van der Waals surface area contributed by atoms with E-state index in [4.69, 9.17) is 4.74 Å². The van der Waals surface area contributed by atoms with Gasteiger partial charge in [-0.1, -0.05) is 12.1 Å². The lowest BCUT2D eigenvalue weighted by atomic mass is 9.94. The van der Waals surface area contributed by atoms with Gasteiger partial charge >= 0.3 is 11.9 Å². The molecular formula is C15H9FO4. The summed E-state index contributed by atoms with van der Waals surface area (Å²) in [6.07, 6.45) is 0. The van der Waals surface area contributed by atoms with Gasteiger partial charge in [-0.3, -0.25) is 0 Å². The van der Waals surface area contributed by atoms with Crippen LogP contribution in [0.15, 0.2) is 36.4 Å². The molecule has 0 radical (unpaired) electrons. The maximum Gasteiger partial charge on any atom is 0.338 e. The Hall–Kier alpha value is -2.69. The van der Waals surface area contributed by atoms with Gasteiger partial charge in [0.2, 0.25) is 0 Å². The maximum absolute atomic E-state index is 13.0. The molecule has 0 amide bonds. The Kier molecular flexibility index (Phi) is 2.75. The molecule has 1 aliphatic rings. The van der Waals surface area contributed by atoms with Crippen molar-refractivity contribution in [2.24, 2.45) is 0 Å². The summed E-state index contributed by atoms with van der Waals surface area (Å²) in [6.45, 7) is 0.127. The average Bonchev–Trinajstić information content (AvgIpc) is 2.79. The molecule has 100 valence electrons. The molecule has 0 atom stereocenters. The second-order valence-corrected chi connectivity index (χ2v) is 4.44. The number of benzene rings is 2. The Labute approximate surface area is 113 Å². The number of halogens is 1. The van der Waals surface area contributed by atoms with Gasteiger partial charge in [-0.25, -0.2) is 14.0 Å². The first-order valence-electron chi connectivity index (χ1n) is 5.89. The summed E-state index contributed by atoms with van der Waals surface area (Å²) in [7, 11) is 0. The van der Waals surface area contributed by atoms with Crippen molar-refractivity contribution >= 4 is 11.9 Å². The van der Waals surface area contributed by atoms with Crippen LogP contribution in [0, 0.1) is 5.82 Å². The van der Waals surface area contributed by atoms with E-state index in [1.165, 1.54) is 30.3 Å². The molecule has 2 aromatic carbocycles. The predicted molar refractivity (Wildman–Crippen MR) is 67.9 cm³/mol. The highest BCUT2D eigenvalue weighted by atomic mass is 19.1. The Morgan fingerprint density at radius 3 is 2.50 bits per heavy atom. The van der Waals surface area contributed by atoms with Gasteiger partial charge in [-0.05, 0) is 35.4 Å². The fourth-order valence-corrected chi connectivity index (χ4v) is 2.22. The SMILES string of the molecule is O=C1OCc2cc(-c3ccc(F)cc3)c(C(=O)O)cc21. The van der Waals surface area contributed by atoms with E-state index in [1.807, 2.05) is 0 Å². The van der Waals surface area contributed by atoms with Gasteiger partial charge in [0, 0.05) is 5.56 Å². The number of ether oxygens (including phenoxy) is 1. The highest BCUT2D eigenvalue weighted by Crippen LogP contribution is 2.31. The fraction of sp³-hybridized carbons (Fsp3) is 0.0667. The quantitative estimate of drug-likeness (QED) is 0.854. The van der Waals surface area contributed by atoms with Crippen molar-refractivity contribution < 1.29 is 23.8 Å². The van der Waals surface area contributed by atoms with Crippen LogP contribution in [-0.4, -0.2) is 17.0 Å². The zero-order valence-electron chi connectivity index (χ0n) is 10.2. The van der Waals surface area contributed by atoms with Crippen molar-refractivity contribution in [3.05, 3.63) is 58.9 Å². The summed E-state index contributed by atoms with van der Waals surface area (Å²) >= 11 is 0. The molecular weight excluding hydrogens is 263 g/mol. The summed E-state index contributed by atoms with van der Waals surface area (Å²) in [5.41, 5.74) is 1.92. The lowest BCUT2D eigenvalue weighted by molar-refractivity contribution is 0.0535. The molecule has 0 bridgehead atoms. The van der Waals surface area contributed by atoms with Gasteiger partial charge in [0.15, 0.2) is 0 Å². The van der Waals surface area contributed by atoms with Gasteiger partial charge in [-0.2, -0.15) is 0 Å². The summed E-state index contributed by atoms with van der Waals surface area (Å²) in [5.74, 6) is -2.06. The van der Waals surface area contributed by atoms with E-state index in [-0.39, 0.29) is 17.7 Å². The Bertz CT molecular complexity index is 719. The van der Waals surface area contributed by atoms with Gasteiger partial charge in [0.25, 0.3) is 0 Å². The normalized spacial score (nSPS) is 12.9. The minimum Gasteiger partial charge on any atom is -0.478 e. The van der Waals surface area contributed by atoms with E-state index in [2.05, 4.69) is 0 Å². The maximum atomic E-state index is 13.0. The molecule has 3 rings (SSSR count). The number of hydrogen-bond acceptors (Lipinski definition) is 3. The number of carbonyl (C=O) groups excluding carboxylic acids is 1. The minimum atomic E-state index is -1.15. The number of carbonyl (C=O) groups is 2. The monoisotopic (exact) mass is 272 g/mol. The molecule has 5 heteroatoms. The third-order valence-corrected chi connectivity index (χ3v) is 3.21. The number of hydrogen-bond donors (Lipinski definition) is 1. The van der Waals surface area contributed by atoms with Crippen molar-refractivity contribution in [2.45, 2.75) is 6.61 Å². The largest absolute Gasteiger partial charge is 0.478 e. The highest BCUT2D eigenvalue weighted by molar-refractivity contribution is 6.02. The molecule has 0 aliphatic carbocycles. The standard InChI is InChI=1S/C15H9FO4/c16-10-3-1-8(2-4-10)11-5-9-7-20-15(19)12(9)6-13(11)14(17)18/h1-6H,7H2,(H,17,18). The van der Waals surface area contributed by atoms with Crippen LogP contribution in [-0.2, 0) is 11.3 Å². The highest BCUT2D eigenvalue weighted by Gasteiger charge is 2.25. The third-order valence-electron chi connectivity index (χ3n) is 3.21. The molecule has 1 heterocycles. The van der Waals surface area contributed by atoms with Crippen LogP contribution in [0.25, 0.3) is 11.1 Å². The molecule has 20 heavy (non-hydrogen) atoms. The molecule has 0 saturated carbocycles. The van der Waals surface area contributed by atoms with Crippen molar-refractivity contribution in [1.29, 1.82) is 0 Å². The van der Waals surface area contributed by atoms with Crippen LogP contribution in [0.5, 0.6) is 0 Å². The van der Waals surface area contributed by atoms with Gasteiger partial charge in [0.1, 0.15) is 12.4 Å². The van der Waals surface area contributed by atoms with E-state index >= 15 is 0 Å². The van der Waals surface area contributed by atoms with Crippen LogP contribution in [0.3, 0.4) is 0 Å². The topological polar surface area (TPSA) is 63.6 Å². The van der Waals surface area contributed by atoms with E-state index in [1.54, 1.807) is 6.07 Å². The molecule has 2 aromatic rings. The van der Waals surface area contributed by atoms with E-state index < -0.39 is 17.8 Å². The molecule has 4 nitrogen and oxygen atoms in total. The molecule has 0 fully saturated rings. The number of carboxylic acids is 1. The summed E-state index contributed by atoms with van der Waals surface area (Å²) in [4.78, 5) is 22.8. The molecule has 0 unspecified atom stereocenters. The number of aromatic carboxylic acids is 1. The lowest BCUT2D eigenvalue weighted by Gasteiger charge is -2.08. The number of fused-ring (bicyclic) bond motifs is 1. The third kappa shape index (κ3) is 1.93. The Balaban J connectivity index is 2.22. The van der Waals surface area contributed by atoms with E-state index in [0.29, 0.717) is 16.7 Å². The van der Waals surface area contributed by atoms with Gasteiger partial charge in [0.05, 0.1) is 11.1 Å². The predicted octanol–water partition coefficient (Wildman–Crippen LogP) is 2.86. The lowest BCUT2D eigenvalue weighted by Crippen LogP contribution is -2.03. The Morgan fingerprint density at radius 1 is 1.15 bits per heavy atom. The van der Waals surface area contributed by atoms with Crippen molar-refractivity contribution in [1.82, 2.24) is 0 Å². The first kappa shape index (κ1) is 12.3. The summed E-state index contributed by atoms with van der Waals surface area (Å²) in [5, 5.41) is 9.27. The second-order valence-electron chi connectivity index (χ2n) is 4.44. The zero-order chi connectivity index (χ0) is 14.3. The first-order chi connectivity index (χ1) is 9.56. The summed E-state index contributed by atoms with van der Waals surface area (Å²) < 4.78 is 17.8. The number of cyclic esters (lactones) is 1. The van der Waals surface area contributed by atoms with Crippen molar-refractivity contribution in [3.8, 4) is 11.1 Å². The van der Waals surface area contributed by atoms with Crippen LogP contribution in [0.4, 0.5) is 4.39 Å². The molecule has 1 aliphatic heterocycles. The smallest absolute Gasteiger partial charge is 0.338 e. The number of carboxylic acid groups (broad SMARTS) is 1. The van der Waals surface area contributed by atoms with Crippen LogP contribution in [0.1, 0.15) is 26.3 Å².